The van der Waals surface area contributed by atoms with E-state index in [1.807, 2.05) is 12.2 Å². The molecule has 1 aliphatic carbocycles. The van der Waals surface area contributed by atoms with Crippen LogP contribution in [-0.4, -0.2) is 47.0 Å². The first-order chi connectivity index (χ1) is 9.11. The zero-order valence-corrected chi connectivity index (χ0v) is 10.3. The molecule has 0 bridgehead atoms. The lowest BCUT2D eigenvalue weighted by atomic mass is 9.85. The van der Waals surface area contributed by atoms with Crippen LogP contribution in [0.5, 0.6) is 0 Å². The summed E-state index contributed by atoms with van der Waals surface area (Å²) in [5.41, 5.74) is 0. The van der Waals surface area contributed by atoms with Crippen LogP contribution in [0.2, 0.25) is 0 Å². The van der Waals surface area contributed by atoms with E-state index in [9.17, 15) is 14.4 Å². The third-order valence-corrected chi connectivity index (χ3v) is 4.24. The molecule has 0 aromatic rings. The van der Waals surface area contributed by atoms with Gasteiger partial charge in [0.05, 0.1) is 31.1 Å². The van der Waals surface area contributed by atoms with Crippen LogP contribution in [0.4, 0.5) is 0 Å². The van der Waals surface area contributed by atoms with Crippen molar-refractivity contribution in [3.8, 4) is 0 Å². The lowest BCUT2D eigenvalue weighted by molar-refractivity contribution is -0.148. The number of amides is 2. The zero-order chi connectivity index (χ0) is 13.6. The van der Waals surface area contributed by atoms with E-state index in [2.05, 4.69) is 0 Å². The van der Waals surface area contributed by atoms with Crippen LogP contribution in [-0.2, 0) is 19.1 Å². The van der Waals surface area contributed by atoms with Gasteiger partial charge in [-0.05, 0) is 12.8 Å². The van der Waals surface area contributed by atoms with Gasteiger partial charge in [-0.25, -0.2) is 0 Å². The highest BCUT2D eigenvalue weighted by molar-refractivity contribution is 6.06. The predicted octanol–water partition coefficient (Wildman–Crippen LogP) is 0.0372. The molecule has 2 heterocycles. The molecule has 0 radical (unpaired) electrons. The standard InChI is InChI=1S/C13H15NO5/c15-11-7-3-1-2-4-8(7)12(16)14(11)10-6-19-5-9(10)13(17)18/h1-2,7-10H,3-6H2,(H,17,18)/t7-,8+,9?,10?. The quantitative estimate of drug-likeness (QED) is 0.563. The van der Waals surface area contributed by atoms with Crippen molar-refractivity contribution in [2.45, 2.75) is 18.9 Å². The van der Waals surface area contributed by atoms with Crippen LogP contribution in [0.25, 0.3) is 0 Å². The number of carbonyl (C=O) groups is 3. The summed E-state index contributed by atoms with van der Waals surface area (Å²) in [5.74, 6) is -2.92. The molecule has 2 amide bonds. The van der Waals surface area contributed by atoms with Crippen LogP contribution in [0, 0.1) is 17.8 Å². The van der Waals surface area contributed by atoms with Gasteiger partial charge in [0.25, 0.3) is 0 Å². The Morgan fingerprint density at radius 2 is 1.74 bits per heavy atom. The Bertz CT molecular complexity index is 446. The molecule has 0 saturated carbocycles. The fourth-order valence-electron chi connectivity index (χ4n) is 3.19. The van der Waals surface area contributed by atoms with Gasteiger partial charge in [0.15, 0.2) is 0 Å². The van der Waals surface area contributed by atoms with Crippen LogP contribution < -0.4 is 0 Å². The molecule has 3 aliphatic rings. The number of ether oxygens (including phenoxy) is 1. The van der Waals surface area contributed by atoms with Crippen molar-refractivity contribution in [2.24, 2.45) is 17.8 Å². The maximum atomic E-state index is 12.3. The summed E-state index contributed by atoms with van der Waals surface area (Å²) < 4.78 is 5.15. The summed E-state index contributed by atoms with van der Waals surface area (Å²) in [6.07, 6.45) is 4.96. The number of nitrogens with zero attached hydrogens (tertiary/aromatic N) is 1. The van der Waals surface area contributed by atoms with Crippen molar-refractivity contribution >= 4 is 17.8 Å². The van der Waals surface area contributed by atoms with E-state index < -0.39 is 17.9 Å². The lowest BCUT2D eigenvalue weighted by Gasteiger charge is -2.24. The average molecular weight is 265 g/mol. The number of hydrogen-bond donors (Lipinski definition) is 1. The highest BCUT2D eigenvalue weighted by Gasteiger charge is 2.53. The summed E-state index contributed by atoms with van der Waals surface area (Å²) in [6.45, 7) is 0.186. The number of aliphatic carboxylic acids is 1. The smallest absolute Gasteiger partial charge is 0.311 e. The summed E-state index contributed by atoms with van der Waals surface area (Å²) >= 11 is 0. The topological polar surface area (TPSA) is 83.9 Å². The van der Waals surface area contributed by atoms with Gasteiger partial charge in [0.2, 0.25) is 11.8 Å². The maximum Gasteiger partial charge on any atom is 0.311 e. The van der Waals surface area contributed by atoms with Crippen molar-refractivity contribution in [3.63, 3.8) is 0 Å². The summed E-state index contributed by atoms with van der Waals surface area (Å²) in [6, 6.07) is -0.650. The van der Waals surface area contributed by atoms with E-state index in [1.54, 1.807) is 0 Å². The second-order valence-electron chi connectivity index (χ2n) is 5.25. The predicted molar refractivity (Wildman–Crippen MR) is 62.9 cm³/mol. The van der Waals surface area contributed by atoms with Gasteiger partial charge < -0.3 is 9.84 Å². The van der Waals surface area contributed by atoms with Gasteiger partial charge >= 0.3 is 5.97 Å². The molecule has 3 rings (SSSR count). The lowest BCUT2D eigenvalue weighted by Crippen LogP contribution is -2.46. The third-order valence-electron chi connectivity index (χ3n) is 4.24. The molecule has 102 valence electrons. The van der Waals surface area contributed by atoms with Crippen molar-refractivity contribution < 1.29 is 24.2 Å². The number of carbonyl (C=O) groups excluding carboxylic acids is 2. The molecule has 6 nitrogen and oxygen atoms in total. The van der Waals surface area contributed by atoms with Crippen molar-refractivity contribution in [1.82, 2.24) is 4.90 Å². The first kappa shape index (κ1) is 12.3. The van der Waals surface area contributed by atoms with Gasteiger partial charge in [-0.3, -0.25) is 19.3 Å². The van der Waals surface area contributed by atoms with Crippen LogP contribution >= 0.6 is 0 Å². The van der Waals surface area contributed by atoms with Crippen LogP contribution in [0.3, 0.4) is 0 Å². The van der Waals surface area contributed by atoms with Gasteiger partial charge in [0.1, 0.15) is 5.92 Å². The van der Waals surface area contributed by atoms with Gasteiger partial charge in [0, 0.05) is 0 Å². The number of likely N-dealkylation sites (tertiary alicyclic amines) is 1. The molecular formula is C13H15NO5. The molecule has 2 saturated heterocycles. The minimum atomic E-state index is -1.02. The molecular weight excluding hydrogens is 250 g/mol. The number of carboxylic acids is 1. The minimum absolute atomic E-state index is 0.0602. The largest absolute Gasteiger partial charge is 0.481 e. The van der Waals surface area contributed by atoms with Gasteiger partial charge in [-0.2, -0.15) is 0 Å². The monoisotopic (exact) mass is 265 g/mol. The summed E-state index contributed by atoms with van der Waals surface area (Å²) in [4.78, 5) is 37.0. The fourth-order valence-corrected chi connectivity index (χ4v) is 3.19. The van der Waals surface area contributed by atoms with Gasteiger partial charge in [-0.15, -0.1) is 0 Å². The Morgan fingerprint density at radius 3 is 2.26 bits per heavy atom. The molecule has 0 spiro atoms. The second-order valence-corrected chi connectivity index (χ2v) is 5.25. The van der Waals surface area contributed by atoms with Crippen LogP contribution in [0.15, 0.2) is 12.2 Å². The zero-order valence-electron chi connectivity index (χ0n) is 10.3. The molecule has 4 atom stereocenters. The van der Waals surface area contributed by atoms with Crippen LogP contribution in [0.1, 0.15) is 12.8 Å². The van der Waals surface area contributed by atoms with E-state index >= 15 is 0 Å². The summed E-state index contributed by atoms with van der Waals surface area (Å²) in [7, 11) is 0. The highest BCUT2D eigenvalue weighted by atomic mass is 16.5. The SMILES string of the molecule is O=C(O)C1COCC1N1C(=O)[C@H]2CC=CC[C@H]2C1=O. The third kappa shape index (κ3) is 1.78. The number of imide groups is 1. The number of hydrogen-bond acceptors (Lipinski definition) is 4. The molecule has 19 heavy (non-hydrogen) atoms. The van der Waals surface area contributed by atoms with E-state index in [-0.39, 0.29) is 36.9 Å². The first-order valence-corrected chi connectivity index (χ1v) is 6.43. The van der Waals surface area contributed by atoms with Crippen molar-refractivity contribution in [3.05, 3.63) is 12.2 Å². The normalized spacial score (nSPS) is 37.8. The Kier molecular flexibility index (Phi) is 2.89. The fraction of sp³-hybridized carbons (Fsp3) is 0.615. The number of allylic oxidation sites excluding steroid dienone is 2. The Hall–Kier alpha value is -1.69. The first-order valence-electron chi connectivity index (χ1n) is 6.43. The Balaban J connectivity index is 1.87. The maximum absolute atomic E-state index is 12.3. The minimum Gasteiger partial charge on any atom is -0.481 e. The molecule has 0 aromatic carbocycles. The average Bonchev–Trinajstić information content (AvgIpc) is 2.95. The van der Waals surface area contributed by atoms with Crippen molar-refractivity contribution in [1.29, 1.82) is 0 Å². The molecule has 0 aromatic heterocycles. The molecule has 2 unspecified atom stereocenters. The number of rotatable bonds is 2. The second kappa shape index (κ2) is 4.45. The van der Waals surface area contributed by atoms with Crippen molar-refractivity contribution in [2.75, 3.05) is 13.2 Å². The number of carboxylic acid groups (broad SMARTS) is 1. The molecule has 2 fully saturated rings. The van der Waals surface area contributed by atoms with Gasteiger partial charge in [-0.1, -0.05) is 12.2 Å². The molecule has 1 N–H and O–H groups in total. The highest BCUT2D eigenvalue weighted by Crippen LogP contribution is 2.38. The van der Waals surface area contributed by atoms with E-state index in [0.717, 1.165) is 4.90 Å². The Labute approximate surface area is 110 Å². The van der Waals surface area contributed by atoms with E-state index in [1.165, 1.54) is 0 Å². The number of fused-ring (bicyclic) bond motifs is 1. The molecule has 2 aliphatic heterocycles. The molecule has 6 heteroatoms. The summed E-state index contributed by atoms with van der Waals surface area (Å²) in [5, 5.41) is 9.13. The Morgan fingerprint density at radius 1 is 1.16 bits per heavy atom. The van der Waals surface area contributed by atoms with E-state index in [0.29, 0.717) is 12.8 Å². The van der Waals surface area contributed by atoms with E-state index in [4.69, 9.17) is 9.84 Å².